The summed E-state index contributed by atoms with van der Waals surface area (Å²) < 4.78 is 0. The van der Waals surface area contributed by atoms with Crippen molar-refractivity contribution in [2.45, 2.75) is 0 Å². The van der Waals surface area contributed by atoms with E-state index in [0.29, 0.717) is 5.56 Å². The fourth-order valence-corrected chi connectivity index (χ4v) is 2.49. The van der Waals surface area contributed by atoms with Crippen LogP contribution >= 0.6 is 0 Å². The van der Waals surface area contributed by atoms with Gasteiger partial charge in [0, 0.05) is 22.8 Å². The second-order valence-corrected chi connectivity index (χ2v) is 4.60. The van der Waals surface area contributed by atoms with Gasteiger partial charge in [-0.3, -0.25) is 25.0 Å². The lowest BCUT2D eigenvalue weighted by atomic mass is 10.0. The highest BCUT2D eigenvalue weighted by atomic mass is 16.6. The number of hydrogen-bond donors (Lipinski definition) is 0. The Hall–Kier alpha value is -3.60. The molecule has 106 valence electrons. The average molecular weight is 295 g/mol. The first kappa shape index (κ1) is 13.4. The Morgan fingerprint density at radius 3 is 2.27 bits per heavy atom. The number of benzene rings is 2. The van der Waals surface area contributed by atoms with Gasteiger partial charge < -0.3 is 0 Å². The Morgan fingerprint density at radius 1 is 0.955 bits per heavy atom. The van der Waals surface area contributed by atoms with Crippen molar-refractivity contribution in [3.05, 3.63) is 67.3 Å². The average Bonchev–Trinajstić information content (AvgIpc) is 2.79. The fourth-order valence-electron chi connectivity index (χ4n) is 2.49. The number of non-ortho nitro benzene ring substituents is 1. The highest BCUT2D eigenvalue weighted by molar-refractivity contribution is 6.23. The molecule has 2 aromatic carbocycles. The Bertz CT molecular complexity index is 927. The van der Waals surface area contributed by atoms with Gasteiger partial charge in [0.2, 0.25) is 0 Å². The molecule has 1 aliphatic carbocycles. The normalized spacial score (nSPS) is 11.5. The summed E-state index contributed by atoms with van der Waals surface area (Å²) >= 11 is 0. The maximum absolute atomic E-state index is 12.4. The van der Waals surface area contributed by atoms with Crippen LogP contribution in [0.3, 0.4) is 0 Å². The Balaban J connectivity index is 2.38. The lowest BCUT2D eigenvalue weighted by molar-refractivity contribution is -0.393. The third kappa shape index (κ3) is 1.73. The van der Waals surface area contributed by atoms with Crippen LogP contribution in [-0.2, 0) is 0 Å². The summed E-state index contributed by atoms with van der Waals surface area (Å²) in [5.41, 5.74) is -0.380. The van der Waals surface area contributed by atoms with E-state index in [1.165, 1.54) is 18.2 Å². The van der Waals surface area contributed by atoms with Crippen LogP contribution in [0, 0.1) is 31.6 Å². The molecule has 0 fully saturated rings. The number of nitro benzene ring substituents is 2. The van der Waals surface area contributed by atoms with E-state index >= 15 is 0 Å². The molecule has 22 heavy (non-hydrogen) atoms. The predicted molar refractivity (Wildman–Crippen MR) is 73.3 cm³/mol. The van der Waals surface area contributed by atoms with Crippen LogP contribution in [-0.4, -0.2) is 15.6 Å². The first-order valence-electron chi connectivity index (χ1n) is 6.00. The van der Waals surface area contributed by atoms with Crippen molar-refractivity contribution < 1.29 is 14.6 Å². The molecule has 0 N–H and O–H groups in total. The van der Waals surface area contributed by atoms with Crippen LogP contribution in [0.5, 0.6) is 0 Å². The summed E-state index contributed by atoms with van der Waals surface area (Å²) in [5, 5.41) is 31.0. The highest BCUT2D eigenvalue weighted by Crippen LogP contribution is 2.44. The van der Waals surface area contributed by atoms with E-state index in [4.69, 9.17) is 5.26 Å². The first-order chi connectivity index (χ1) is 10.4. The molecule has 0 aliphatic heterocycles. The van der Waals surface area contributed by atoms with Crippen LogP contribution in [0.4, 0.5) is 11.4 Å². The number of nitro groups is 2. The van der Waals surface area contributed by atoms with Gasteiger partial charge in [0.25, 0.3) is 11.4 Å². The van der Waals surface area contributed by atoms with Crippen molar-refractivity contribution in [1.29, 1.82) is 5.26 Å². The molecule has 0 saturated carbocycles. The minimum Gasteiger partial charge on any atom is -0.289 e. The van der Waals surface area contributed by atoms with E-state index in [0.717, 1.165) is 12.1 Å². The van der Waals surface area contributed by atoms with Gasteiger partial charge in [0.05, 0.1) is 33.1 Å². The maximum atomic E-state index is 12.4. The largest absolute Gasteiger partial charge is 0.289 e. The standard InChI is InChI=1S/C14H5N3O5/c15-6-7-1-2-9-10(3-7)14(18)11-4-8(16(19)20)5-12(13(9)11)17(21)22/h1-5H. The quantitative estimate of drug-likeness (QED) is 0.528. The molecule has 8 heteroatoms. The molecule has 8 nitrogen and oxygen atoms in total. The number of ketones is 1. The topological polar surface area (TPSA) is 127 Å². The van der Waals surface area contributed by atoms with Gasteiger partial charge >= 0.3 is 0 Å². The van der Waals surface area contributed by atoms with E-state index in [1.54, 1.807) is 0 Å². The van der Waals surface area contributed by atoms with Crippen molar-refractivity contribution in [3.8, 4) is 17.2 Å². The number of hydrogen-bond acceptors (Lipinski definition) is 6. The van der Waals surface area contributed by atoms with Crippen molar-refractivity contribution >= 4 is 17.2 Å². The number of rotatable bonds is 2. The molecular weight excluding hydrogens is 290 g/mol. The van der Waals surface area contributed by atoms with Crippen LogP contribution in [0.15, 0.2) is 30.3 Å². The molecule has 1 aliphatic rings. The summed E-state index contributed by atoms with van der Waals surface area (Å²) in [6, 6.07) is 7.94. The molecular formula is C14H5N3O5. The van der Waals surface area contributed by atoms with E-state index in [9.17, 15) is 25.0 Å². The Kier molecular flexibility index (Phi) is 2.71. The minimum absolute atomic E-state index is 0.0556. The van der Waals surface area contributed by atoms with Crippen LogP contribution in [0.1, 0.15) is 21.5 Å². The maximum Gasteiger partial charge on any atom is 0.284 e. The van der Waals surface area contributed by atoms with Gasteiger partial charge in [0.1, 0.15) is 0 Å². The van der Waals surface area contributed by atoms with Gasteiger partial charge in [-0.2, -0.15) is 5.26 Å². The highest BCUT2D eigenvalue weighted by Gasteiger charge is 2.36. The third-order valence-electron chi connectivity index (χ3n) is 3.42. The van der Waals surface area contributed by atoms with Crippen LogP contribution in [0.25, 0.3) is 11.1 Å². The zero-order chi connectivity index (χ0) is 16.0. The number of carbonyl (C=O) groups is 1. The molecule has 3 rings (SSSR count). The zero-order valence-corrected chi connectivity index (χ0v) is 10.8. The van der Waals surface area contributed by atoms with Gasteiger partial charge in [-0.05, 0) is 12.1 Å². The molecule has 0 unspecified atom stereocenters. The summed E-state index contributed by atoms with van der Waals surface area (Å²) in [6.45, 7) is 0. The predicted octanol–water partition coefficient (Wildman–Crippen LogP) is 2.59. The van der Waals surface area contributed by atoms with Crippen LogP contribution in [0.2, 0.25) is 0 Å². The molecule has 0 saturated heterocycles. The van der Waals surface area contributed by atoms with E-state index in [-0.39, 0.29) is 22.3 Å². The van der Waals surface area contributed by atoms with E-state index < -0.39 is 27.0 Å². The summed E-state index contributed by atoms with van der Waals surface area (Å²) in [7, 11) is 0. The molecule has 0 bridgehead atoms. The smallest absolute Gasteiger partial charge is 0.284 e. The van der Waals surface area contributed by atoms with E-state index in [2.05, 4.69) is 0 Å². The summed E-state index contributed by atoms with van der Waals surface area (Å²) in [4.78, 5) is 32.9. The molecule has 0 heterocycles. The fraction of sp³-hybridized carbons (Fsp3) is 0. The number of carbonyl (C=O) groups excluding carboxylic acids is 1. The van der Waals surface area contributed by atoms with Crippen molar-refractivity contribution in [2.75, 3.05) is 0 Å². The molecule has 2 aromatic rings. The molecule has 0 spiro atoms. The first-order valence-corrected chi connectivity index (χ1v) is 6.00. The lowest BCUT2D eigenvalue weighted by Gasteiger charge is -2.02. The second kappa shape index (κ2) is 4.46. The molecule has 0 atom stereocenters. The van der Waals surface area contributed by atoms with Gasteiger partial charge in [-0.1, -0.05) is 6.07 Å². The van der Waals surface area contributed by atoms with Gasteiger partial charge in [-0.15, -0.1) is 0 Å². The Labute approximate surface area is 122 Å². The Morgan fingerprint density at radius 2 is 1.68 bits per heavy atom. The number of fused-ring (bicyclic) bond motifs is 3. The molecule has 0 radical (unpaired) electrons. The molecule has 0 aromatic heterocycles. The van der Waals surface area contributed by atoms with E-state index in [1.807, 2.05) is 6.07 Å². The van der Waals surface area contributed by atoms with Crippen molar-refractivity contribution in [1.82, 2.24) is 0 Å². The summed E-state index contributed by atoms with van der Waals surface area (Å²) in [5.74, 6) is -0.561. The second-order valence-electron chi connectivity index (χ2n) is 4.60. The van der Waals surface area contributed by atoms with Crippen LogP contribution < -0.4 is 0 Å². The molecule has 0 amide bonds. The third-order valence-corrected chi connectivity index (χ3v) is 3.42. The monoisotopic (exact) mass is 295 g/mol. The number of nitrogens with zero attached hydrogens (tertiary/aromatic N) is 3. The number of nitriles is 1. The SMILES string of the molecule is N#Cc1ccc2c(c1)C(=O)c1cc([N+](=O)[O-])cc([N+](=O)[O-])c1-2. The zero-order valence-electron chi connectivity index (χ0n) is 10.8. The van der Waals surface area contributed by atoms with Crippen molar-refractivity contribution in [3.63, 3.8) is 0 Å². The van der Waals surface area contributed by atoms with Gasteiger partial charge in [0.15, 0.2) is 5.78 Å². The lowest BCUT2D eigenvalue weighted by Crippen LogP contribution is -1.99. The minimum atomic E-state index is -0.787. The van der Waals surface area contributed by atoms with Crippen molar-refractivity contribution in [2.24, 2.45) is 0 Å². The summed E-state index contributed by atoms with van der Waals surface area (Å²) in [6.07, 6.45) is 0. The van der Waals surface area contributed by atoms with Gasteiger partial charge in [-0.25, -0.2) is 0 Å².